The summed E-state index contributed by atoms with van der Waals surface area (Å²) in [5.74, 6) is 2.08. The van der Waals surface area contributed by atoms with Crippen molar-refractivity contribution in [2.45, 2.75) is 58.5 Å². The van der Waals surface area contributed by atoms with Gasteiger partial charge in [0, 0.05) is 19.6 Å². The molecule has 20 heavy (non-hydrogen) atoms. The fourth-order valence-corrected chi connectivity index (χ4v) is 3.14. The van der Waals surface area contributed by atoms with Crippen LogP contribution in [0.3, 0.4) is 0 Å². The molecule has 1 aliphatic carbocycles. The average Bonchev–Trinajstić information content (AvgIpc) is 2.52. The average molecular weight is 275 g/mol. The van der Waals surface area contributed by atoms with E-state index in [1.54, 1.807) is 0 Å². The highest BCUT2D eigenvalue weighted by Crippen LogP contribution is 2.30. The fourth-order valence-electron chi connectivity index (χ4n) is 3.14. The van der Waals surface area contributed by atoms with Crippen molar-refractivity contribution >= 4 is 5.82 Å². The monoisotopic (exact) mass is 275 g/mol. The van der Waals surface area contributed by atoms with Gasteiger partial charge in [-0.15, -0.1) is 0 Å². The van der Waals surface area contributed by atoms with Gasteiger partial charge >= 0.3 is 0 Å². The van der Waals surface area contributed by atoms with Crippen LogP contribution in [-0.2, 0) is 6.54 Å². The van der Waals surface area contributed by atoms with E-state index in [1.165, 1.54) is 32.1 Å². The minimum absolute atomic E-state index is 0.666. The molecular formula is C17H29N3. The molecule has 0 unspecified atom stereocenters. The van der Waals surface area contributed by atoms with E-state index in [9.17, 15) is 0 Å². The van der Waals surface area contributed by atoms with Crippen molar-refractivity contribution in [3.05, 3.63) is 23.9 Å². The number of hydrogen-bond acceptors (Lipinski definition) is 3. The van der Waals surface area contributed by atoms with E-state index in [-0.39, 0.29) is 0 Å². The standard InChI is InChI=1S/C17H29N3/c1-4-14-9-11-16(12-10-14)20(3)17-8-6-7-15(19-17)13-18-5-2/h6-8,14,16,18H,4-5,9-13H2,1-3H3. The summed E-state index contributed by atoms with van der Waals surface area (Å²) in [6.45, 7) is 6.30. The maximum atomic E-state index is 4.79. The van der Waals surface area contributed by atoms with Crippen LogP contribution in [0.1, 0.15) is 51.6 Å². The third-order valence-corrected chi connectivity index (χ3v) is 4.65. The first-order chi connectivity index (χ1) is 9.74. The molecule has 1 heterocycles. The lowest BCUT2D eigenvalue weighted by Gasteiger charge is -2.35. The summed E-state index contributed by atoms with van der Waals surface area (Å²) in [6, 6.07) is 7.04. The zero-order valence-corrected chi connectivity index (χ0v) is 13.2. The van der Waals surface area contributed by atoms with Gasteiger partial charge in [-0.3, -0.25) is 0 Å². The second kappa shape index (κ2) is 7.63. The predicted octanol–water partition coefficient (Wildman–Crippen LogP) is 3.60. The number of nitrogens with one attached hydrogen (secondary N) is 1. The highest BCUT2D eigenvalue weighted by Gasteiger charge is 2.23. The van der Waals surface area contributed by atoms with Crippen LogP contribution in [0.5, 0.6) is 0 Å². The van der Waals surface area contributed by atoms with Crippen LogP contribution in [0.15, 0.2) is 18.2 Å². The van der Waals surface area contributed by atoms with Crippen molar-refractivity contribution in [1.29, 1.82) is 0 Å². The molecule has 1 fully saturated rings. The Kier molecular flexibility index (Phi) is 5.84. The molecule has 0 aromatic carbocycles. The first-order valence-electron chi connectivity index (χ1n) is 8.14. The van der Waals surface area contributed by atoms with Crippen LogP contribution < -0.4 is 10.2 Å². The highest BCUT2D eigenvalue weighted by atomic mass is 15.2. The Hall–Kier alpha value is -1.09. The topological polar surface area (TPSA) is 28.2 Å². The molecule has 0 radical (unpaired) electrons. The number of pyridine rings is 1. The van der Waals surface area contributed by atoms with Gasteiger partial charge in [-0.05, 0) is 50.3 Å². The molecule has 1 aliphatic rings. The van der Waals surface area contributed by atoms with E-state index in [0.29, 0.717) is 6.04 Å². The smallest absolute Gasteiger partial charge is 0.128 e. The lowest BCUT2D eigenvalue weighted by molar-refractivity contribution is 0.313. The quantitative estimate of drug-likeness (QED) is 0.860. The van der Waals surface area contributed by atoms with Crippen LogP contribution >= 0.6 is 0 Å². The van der Waals surface area contributed by atoms with Crippen LogP contribution in [0.4, 0.5) is 5.82 Å². The summed E-state index contributed by atoms with van der Waals surface area (Å²) in [6.07, 6.45) is 6.72. The molecule has 1 N–H and O–H groups in total. The Labute approximate surface area is 123 Å². The Morgan fingerprint density at radius 1 is 1.20 bits per heavy atom. The molecular weight excluding hydrogens is 246 g/mol. The van der Waals surface area contributed by atoms with Crippen molar-refractivity contribution < 1.29 is 0 Å². The Bertz CT molecular complexity index is 397. The molecule has 0 atom stereocenters. The first-order valence-corrected chi connectivity index (χ1v) is 8.14. The summed E-state index contributed by atoms with van der Waals surface area (Å²) in [5.41, 5.74) is 1.14. The van der Waals surface area contributed by atoms with E-state index < -0.39 is 0 Å². The second-order valence-corrected chi connectivity index (χ2v) is 5.96. The molecule has 0 amide bonds. The molecule has 3 heteroatoms. The lowest BCUT2D eigenvalue weighted by atomic mass is 9.84. The Balaban J connectivity index is 1.96. The van der Waals surface area contributed by atoms with Crippen molar-refractivity contribution in [3.8, 4) is 0 Å². The summed E-state index contributed by atoms with van der Waals surface area (Å²) in [7, 11) is 2.20. The van der Waals surface area contributed by atoms with Gasteiger partial charge in [-0.25, -0.2) is 4.98 Å². The van der Waals surface area contributed by atoms with E-state index in [2.05, 4.69) is 49.3 Å². The largest absolute Gasteiger partial charge is 0.357 e. The van der Waals surface area contributed by atoms with Crippen LogP contribution in [0.2, 0.25) is 0 Å². The third kappa shape index (κ3) is 3.95. The van der Waals surface area contributed by atoms with Crippen LogP contribution in [-0.4, -0.2) is 24.6 Å². The number of nitrogens with zero attached hydrogens (tertiary/aromatic N) is 2. The fraction of sp³-hybridized carbons (Fsp3) is 0.706. The van der Waals surface area contributed by atoms with Crippen molar-refractivity contribution in [2.75, 3.05) is 18.5 Å². The van der Waals surface area contributed by atoms with Gasteiger partial charge in [-0.1, -0.05) is 26.3 Å². The molecule has 0 spiro atoms. The van der Waals surface area contributed by atoms with Crippen LogP contribution in [0.25, 0.3) is 0 Å². The number of aromatic nitrogens is 1. The van der Waals surface area contributed by atoms with Gasteiger partial charge in [0.25, 0.3) is 0 Å². The zero-order chi connectivity index (χ0) is 14.4. The summed E-state index contributed by atoms with van der Waals surface area (Å²) >= 11 is 0. The van der Waals surface area contributed by atoms with Crippen molar-refractivity contribution in [2.24, 2.45) is 5.92 Å². The normalized spacial score (nSPS) is 22.8. The zero-order valence-electron chi connectivity index (χ0n) is 13.2. The molecule has 0 saturated heterocycles. The van der Waals surface area contributed by atoms with Gasteiger partial charge < -0.3 is 10.2 Å². The first kappa shape index (κ1) is 15.3. The second-order valence-electron chi connectivity index (χ2n) is 5.96. The maximum absolute atomic E-state index is 4.79. The van der Waals surface area contributed by atoms with Gasteiger partial charge in [0.2, 0.25) is 0 Å². The Morgan fingerprint density at radius 3 is 2.60 bits per heavy atom. The minimum Gasteiger partial charge on any atom is -0.357 e. The van der Waals surface area contributed by atoms with E-state index in [1.807, 2.05) is 0 Å². The van der Waals surface area contributed by atoms with Gasteiger partial charge in [0.05, 0.1) is 5.69 Å². The molecule has 2 rings (SSSR count). The lowest BCUT2D eigenvalue weighted by Crippen LogP contribution is -2.35. The molecule has 1 aromatic heterocycles. The number of hydrogen-bond donors (Lipinski definition) is 1. The van der Waals surface area contributed by atoms with Gasteiger partial charge in [-0.2, -0.15) is 0 Å². The van der Waals surface area contributed by atoms with Crippen molar-refractivity contribution in [3.63, 3.8) is 0 Å². The SMILES string of the molecule is CCNCc1cccc(N(C)C2CCC(CC)CC2)n1. The predicted molar refractivity (Wildman–Crippen MR) is 86.1 cm³/mol. The Morgan fingerprint density at radius 2 is 1.95 bits per heavy atom. The minimum atomic E-state index is 0.666. The molecule has 1 aromatic rings. The molecule has 0 aliphatic heterocycles. The molecule has 0 bridgehead atoms. The number of rotatable bonds is 6. The van der Waals surface area contributed by atoms with E-state index >= 15 is 0 Å². The van der Waals surface area contributed by atoms with E-state index in [0.717, 1.165) is 30.5 Å². The summed E-state index contributed by atoms with van der Waals surface area (Å²) in [4.78, 5) is 7.18. The molecule has 3 nitrogen and oxygen atoms in total. The highest BCUT2D eigenvalue weighted by molar-refractivity contribution is 5.39. The summed E-state index contributed by atoms with van der Waals surface area (Å²) < 4.78 is 0. The molecule has 112 valence electrons. The van der Waals surface area contributed by atoms with Gasteiger partial charge in [0.1, 0.15) is 5.82 Å². The number of anilines is 1. The van der Waals surface area contributed by atoms with E-state index in [4.69, 9.17) is 4.98 Å². The molecule has 1 saturated carbocycles. The third-order valence-electron chi connectivity index (χ3n) is 4.65. The van der Waals surface area contributed by atoms with Gasteiger partial charge in [0.15, 0.2) is 0 Å². The van der Waals surface area contributed by atoms with Crippen molar-refractivity contribution in [1.82, 2.24) is 10.3 Å². The maximum Gasteiger partial charge on any atom is 0.128 e. The summed E-state index contributed by atoms with van der Waals surface area (Å²) in [5, 5.41) is 3.34. The van der Waals surface area contributed by atoms with Crippen LogP contribution in [0, 0.1) is 5.92 Å².